The second-order valence-corrected chi connectivity index (χ2v) is 5.87. The minimum atomic E-state index is -0.523. The Balaban J connectivity index is 1.91. The lowest BCUT2D eigenvalue weighted by Gasteiger charge is -2.11. The number of ether oxygens (including phenoxy) is 1. The Morgan fingerprint density at radius 3 is 2.60 bits per heavy atom. The van der Waals surface area contributed by atoms with Crippen LogP contribution in [0.2, 0.25) is 0 Å². The summed E-state index contributed by atoms with van der Waals surface area (Å²) in [6, 6.07) is 6.85. The summed E-state index contributed by atoms with van der Waals surface area (Å²) in [5.74, 6) is 0.302. The molecule has 1 N–H and O–H groups in total. The van der Waals surface area contributed by atoms with Crippen molar-refractivity contribution < 1.29 is 9.53 Å². The van der Waals surface area contributed by atoms with Gasteiger partial charge in [-0.2, -0.15) is 4.37 Å². The van der Waals surface area contributed by atoms with Crippen molar-refractivity contribution in [1.29, 1.82) is 0 Å². The first-order valence-electron chi connectivity index (χ1n) is 7.56. The van der Waals surface area contributed by atoms with Gasteiger partial charge in [-0.3, -0.25) is 18.7 Å². The van der Waals surface area contributed by atoms with Crippen LogP contribution in [0.1, 0.15) is 6.92 Å². The molecule has 1 amide bonds. The zero-order valence-electron chi connectivity index (χ0n) is 13.7. The van der Waals surface area contributed by atoms with E-state index in [4.69, 9.17) is 4.74 Å². The highest BCUT2D eigenvalue weighted by molar-refractivity contribution is 7.04. The summed E-state index contributed by atoms with van der Waals surface area (Å²) in [7, 11) is 1.56. The van der Waals surface area contributed by atoms with E-state index in [1.54, 1.807) is 43.7 Å². The topological polar surface area (TPSA) is 95.2 Å². The molecule has 2 heterocycles. The number of nitrogens with zero attached hydrogens (tertiary/aromatic N) is 3. The second-order valence-electron chi connectivity index (χ2n) is 5.24. The van der Waals surface area contributed by atoms with Crippen LogP contribution in [0.15, 0.2) is 39.2 Å². The molecule has 0 saturated carbocycles. The summed E-state index contributed by atoms with van der Waals surface area (Å²) in [5.41, 5.74) is 0.196. The molecule has 1 aromatic carbocycles. The lowest BCUT2D eigenvalue weighted by Crippen LogP contribution is -2.41. The molecule has 25 heavy (non-hydrogen) atoms. The van der Waals surface area contributed by atoms with Crippen molar-refractivity contribution >= 4 is 34.2 Å². The molecule has 0 atom stereocenters. The molecule has 0 aliphatic rings. The van der Waals surface area contributed by atoms with Gasteiger partial charge in [-0.15, -0.1) is 0 Å². The van der Waals surface area contributed by atoms with Gasteiger partial charge in [0.25, 0.3) is 5.56 Å². The Hall–Kier alpha value is -2.94. The van der Waals surface area contributed by atoms with E-state index < -0.39 is 11.2 Å². The standard InChI is InChI=1S/C16H16N4O4S/c1-3-19-15(22)14-12(9-25-18-14)20(16(19)23)8-13(21)17-10-4-6-11(24-2)7-5-10/h4-7,9H,3,8H2,1-2H3,(H,17,21). The number of nitrogens with one attached hydrogen (secondary N) is 1. The Bertz CT molecular complexity index is 1030. The van der Waals surface area contributed by atoms with Crippen LogP contribution >= 0.6 is 11.5 Å². The highest BCUT2D eigenvalue weighted by Crippen LogP contribution is 2.15. The number of methoxy groups -OCH3 is 1. The van der Waals surface area contributed by atoms with Crippen LogP contribution in [0.25, 0.3) is 11.0 Å². The molecule has 0 aliphatic heterocycles. The summed E-state index contributed by atoms with van der Waals surface area (Å²) in [5, 5.41) is 4.32. The lowest BCUT2D eigenvalue weighted by molar-refractivity contribution is -0.116. The maximum Gasteiger partial charge on any atom is 0.332 e. The first-order chi connectivity index (χ1) is 12.0. The number of anilines is 1. The number of hydrogen-bond acceptors (Lipinski definition) is 6. The fraction of sp³-hybridized carbons (Fsp3) is 0.250. The van der Waals surface area contributed by atoms with Crippen LogP contribution in [0.3, 0.4) is 0 Å². The Kier molecular flexibility index (Phi) is 4.66. The molecule has 0 radical (unpaired) electrons. The maximum atomic E-state index is 12.5. The number of amides is 1. The van der Waals surface area contributed by atoms with Crippen LogP contribution in [-0.2, 0) is 17.9 Å². The summed E-state index contributed by atoms with van der Waals surface area (Å²) in [6.07, 6.45) is 0. The largest absolute Gasteiger partial charge is 0.497 e. The molecule has 130 valence electrons. The molecule has 0 fully saturated rings. The number of benzene rings is 1. The Morgan fingerprint density at radius 1 is 1.24 bits per heavy atom. The van der Waals surface area contributed by atoms with Crippen LogP contribution in [-0.4, -0.2) is 26.5 Å². The number of aromatic nitrogens is 3. The van der Waals surface area contributed by atoms with Gasteiger partial charge < -0.3 is 10.1 Å². The minimum absolute atomic E-state index is 0.198. The fourth-order valence-corrected chi connectivity index (χ4v) is 3.15. The van der Waals surface area contributed by atoms with E-state index in [2.05, 4.69) is 9.69 Å². The number of carbonyl (C=O) groups excluding carboxylic acids is 1. The highest BCUT2D eigenvalue weighted by atomic mass is 32.1. The normalized spacial score (nSPS) is 10.8. The van der Waals surface area contributed by atoms with Gasteiger partial charge >= 0.3 is 5.69 Å². The van der Waals surface area contributed by atoms with Gasteiger partial charge in [-0.1, -0.05) is 0 Å². The molecule has 0 spiro atoms. The van der Waals surface area contributed by atoms with Crippen molar-refractivity contribution in [2.45, 2.75) is 20.0 Å². The molecule has 2 aromatic heterocycles. The third kappa shape index (κ3) is 3.18. The van der Waals surface area contributed by atoms with Crippen molar-refractivity contribution in [3.63, 3.8) is 0 Å². The van der Waals surface area contributed by atoms with Crippen LogP contribution < -0.4 is 21.3 Å². The molecule has 3 rings (SSSR count). The van der Waals surface area contributed by atoms with E-state index in [0.29, 0.717) is 17.0 Å². The minimum Gasteiger partial charge on any atom is -0.497 e. The summed E-state index contributed by atoms with van der Waals surface area (Å²) in [6.45, 7) is 1.70. The predicted molar refractivity (Wildman–Crippen MR) is 95.4 cm³/mol. The van der Waals surface area contributed by atoms with Gasteiger partial charge in [0.1, 0.15) is 12.3 Å². The van der Waals surface area contributed by atoms with Gasteiger partial charge in [0.2, 0.25) is 5.91 Å². The van der Waals surface area contributed by atoms with E-state index in [1.165, 1.54) is 4.57 Å². The summed E-state index contributed by atoms with van der Waals surface area (Å²) >= 11 is 1.08. The molecule has 0 unspecified atom stereocenters. The molecule has 9 heteroatoms. The molecular weight excluding hydrogens is 344 g/mol. The first kappa shape index (κ1) is 16.9. The Morgan fingerprint density at radius 2 is 1.96 bits per heavy atom. The van der Waals surface area contributed by atoms with E-state index in [-0.39, 0.29) is 24.5 Å². The Labute approximate surface area is 146 Å². The molecule has 3 aromatic rings. The van der Waals surface area contributed by atoms with Crippen molar-refractivity contribution in [2.75, 3.05) is 12.4 Å². The van der Waals surface area contributed by atoms with Crippen molar-refractivity contribution in [2.24, 2.45) is 0 Å². The van der Waals surface area contributed by atoms with Gasteiger partial charge in [0.15, 0.2) is 5.52 Å². The number of hydrogen-bond donors (Lipinski definition) is 1. The zero-order chi connectivity index (χ0) is 18.0. The summed E-state index contributed by atoms with van der Waals surface area (Å²) < 4.78 is 11.4. The molecular formula is C16H16N4O4S. The van der Waals surface area contributed by atoms with Gasteiger partial charge in [-0.05, 0) is 42.7 Å². The van der Waals surface area contributed by atoms with Crippen molar-refractivity contribution in [3.8, 4) is 5.75 Å². The second kappa shape index (κ2) is 6.89. The lowest BCUT2D eigenvalue weighted by atomic mass is 10.3. The van der Waals surface area contributed by atoms with E-state index in [1.807, 2.05) is 0 Å². The monoisotopic (exact) mass is 360 g/mol. The van der Waals surface area contributed by atoms with Crippen molar-refractivity contribution in [1.82, 2.24) is 13.5 Å². The zero-order valence-corrected chi connectivity index (χ0v) is 14.5. The molecule has 0 saturated heterocycles. The van der Waals surface area contributed by atoms with Crippen LogP contribution in [0.5, 0.6) is 5.75 Å². The smallest absolute Gasteiger partial charge is 0.332 e. The van der Waals surface area contributed by atoms with Gasteiger partial charge in [-0.25, -0.2) is 4.79 Å². The molecule has 0 bridgehead atoms. The first-order valence-corrected chi connectivity index (χ1v) is 8.40. The van der Waals surface area contributed by atoms with Gasteiger partial charge in [0.05, 0.1) is 12.6 Å². The predicted octanol–water partition coefficient (Wildman–Crippen LogP) is 1.29. The van der Waals surface area contributed by atoms with Gasteiger partial charge in [0, 0.05) is 17.6 Å². The number of carbonyl (C=O) groups is 1. The average Bonchev–Trinajstić information content (AvgIpc) is 3.10. The van der Waals surface area contributed by atoms with E-state index in [9.17, 15) is 14.4 Å². The van der Waals surface area contributed by atoms with E-state index in [0.717, 1.165) is 16.1 Å². The van der Waals surface area contributed by atoms with E-state index >= 15 is 0 Å². The van der Waals surface area contributed by atoms with Crippen LogP contribution in [0.4, 0.5) is 5.69 Å². The number of rotatable bonds is 5. The van der Waals surface area contributed by atoms with Crippen LogP contribution in [0, 0.1) is 0 Å². The third-order valence-corrected chi connectivity index (χ3v) is 4.36. The maximum absolute atomic E-state index is 12.5. The number of fused-ring (bicyclic) bond motifs is 1. The average molecular weight is 360 g/mol. The molecule has 0 aliphatic carbocycles. The molecule has 8 nitrogen and oxygen atoms in total. The fourth-order valence-electron chi connectivity index (χ4n) is 2.49. The summed E-state index contributed by atoms with van der Waals surface area (Å²) in [4.78, 5) is 37.1. The highest BCUT2D eigenvalue weighted by Gasteiger charge is 2.16. The quantitative estimate of drug-likeness (QED) is 0.740. The third-order valence-electron chi connectivity index (χ3n) is 3.74. The SMILES string of the molecule is CCn1c(=O)c2nscc2n(CC(=O)Nc2ccc(OC)cc2)c1=O. The van der Waals surface area contributed by atoms with Crippen molar-refractivity contribution in [3.05, 3.63) is 50.5 Å².